The van der Waals surface area contributed by atoms with E-state index < -0.39 is 0 Å². The molecule has 2 aliphatic carbocycles. The summed E-state index contributed by atoms with van der Waals surface area (Å²) in [5.74, 6) is 0.511. The van der Waals surface area contributed by atoms with Gasteiger partial charge in [0.05, 0.1) is 6.10 Å². The van der Waals surface area contributed by atoms with Crippen LogP contribution in [-0.4, -0.2) is 25.8 Å². The monoisotopic (exact) mass is 303 g/mol. The zero-order chi connectivity index (χ0) is 14.7. The molecule has 1 aromatic rings. The summed E-state index contributed by atoms with van der Waals surface area (Å²) in [6.45, 7) is 3.33. The van der Waals surface area contributed by atoms with Crippen LogP contribution in [0.1, 0.15) is 31.1 Å². The quantitative estimate of drug-likeness (QED) is 0.889. The molecule has 0 radical (unpaired) electrons. The van der Waals surface area contributed by atoms with E-state index in [0.29, 0.717) is 18.1 Å². The summed E-state index contributed by atoms with van der Waals surface area (Å²) in [6, 6.07) is 4.98. The number of hydrogen-bond donors (Lipinski definition) is 1. The molecule has 0 saturated heterocycles. The molecule has 0 saturated carbocycles. The molecule has 3 unspecified atom stereocenters. The van der Waals surface area contributed by atoms with Crippen molar-refractivity contribution in [1.82, 2.24) is 5.32 Å². The lowest BCUT2D eigenvalue weighted by Crippen LogP contribution is -2.36. The van der Waals surface area contributed by atoms with Gasteiger partial charge in [0, 0.05) is 30.5 Å². The van der Waals surface area contributed by atoms with Gasteiger partial charge in [0.2, 0.25) is 0 Å². The van der Waals surface area contributed by atoms with E-state index in [1.807, 2.05) is 18.4 Å². The van der Waals surface area contributed by atoms with Crippen LogP contribution in [0.25, 0.3) is 0 Å². The van der Waals surface area contributed by atoms with Crippen molar-refractivity contribution in [1.29, 1.82) is 0 Å². The predicted octanol–water partition coefficient (Wildman–Crippen LogP) is 3.95. The Morgan fingerprint density at radius 1 is 1.43 bits per heavy atom. The second kappa shape index (κ2) is 6.91. The maximum atomic E-state index is 5.71. The highest BCUT2D eigenvalue weighted by molar-refractivity contribution is 7.09. The lowest BCUT2D eigenvalue weighted by Gasteiger charge is -2.35. The molecule has 0 fully saturated rings. The number of allylic oxidation sites excluding steroid dienone is 1. The molecule has 2 aliphatic rings. The van der Waals surface area contributed by atoms with Crippen LogP contribution in [-0.2, 0) is 11.2 Å². The van der Waals surface area contributed by atoms with Gasteiger partial charge in [-0.3, -0.25) is 0 Å². The Morgan fingerprint density at radius 3 is 3.10 bits per heavy atom. The average Bonchev–Trinajstić information content (AvgIpc) is 3.00. The van der Waals surface area contributed by atoms with Gasteiger partial charge in [-0.15, -0.1) is 11.3 Å². The van der Waals surface area contributed by atoms with Gasteiger partial charge in [-0.25, -0.2) is 0 Å². The Bertz CT molecular complexity index is 517. The molecule has 3 rings (SSSR count). The van der Waals surface area contributed by atoms with Crippen molar-refractivity contribution >= 4 is 11.3 Å². The van der Waals surface area contributed by atoms with Gasteiger partial charge in [0.15, 0.2) is 0 Å². The summed E-state index contributed by atoms with van der Waals surface area (Å²) in [4.78, 5) is 1.48. The van der Waals surface area contributed by atoms with E-state index >= 15 is 0 Å². The molecule has 0 aliphatic heterocycles. The van der Waals surface area contributed by atoms with Crippen LogP contribution in [0.4, 0.5) is 0 Å². The normalized spacial score (nSPS) is 28.8. The molecule has 2 nitrogen and oxygen atoms in total. The van der Waals surface area contributed by atoms with Crippen molar-refractivity contribution in [3.8, 4) is 0 Å². The summed E-state index contributed by atoms with van der Waals surface area (Å²) in [6.07, 6.45) is 9.67. The Kier molecular flexibility index (Phi) is 4.94. The molecule has 3 heteroatoms. The van der Waals surface area contributed by atoms with E-state index in [2.05, 4.69) is 41.9 Å². The highest BCUT2D eigenvalue weighted by Gasteiger charge is 2.29. The Labute approximate surface area is 131 Å². The molecule has 1 N–H and O–H groups in total. The van der Waals surface area contributed by atoms with E-state index in [9.17, 15) is 0 Å². The molecular weight excluding hydrogens is 278 g/mol. The molecule has 3 atom stereocenters. The van der Waals surface area contributed by atoms with E-state index in [0.717, 1.165) is 19.4 Å². The van der Waals surface area contributed by atoms with E-state index in [-0.39, 0.29) is 0 Å². The van der Waals surface area contributed by atoms with Crippen LogP contribution in [0.5, 0.6) is 0 Å². The van der Waals surface area contributed by atoms with Gasteiger partial charge >= 0.3 is 0 Å². The molecule has 1 heterocycles. The van der Waals surface area contributed by atoms with Crippen LogP contribution >= 0.6 is 11.3 Å². The highest BCUT2D eigenvalue weighted by atomic mass is 32.1. The van der Waals surface area contributed by atoms with Crippen molar-refractivity contribution in [3.63, 3.8) is 0 Å². The van der Waals surface area contributed by atoms with Crippen LogP contribution in [0.15, 0.2) is 40.8 Å². The van der Waals surface area contributed by atoms with E-state index in [4.69, 9.17) is 4.74 Å². The molecule has 0 amide bonds. The van der Waals surface area contributed by atoms with Crippen LogP contribution in [0, 0.1) is 5.92 Å². The van der Waals surface area contributed by atoms with Gasteiger partial charge < -0.3 is 10.1 Å². The minimum Gasteiger partial charge on any atom is -0.376 e. The molecule has 0 bridgehead atoms. The third kappa shape index (κ3) is 3.47. The number of thiophene rings is 1. The first-order valence-electron chi connectivity index (χ1n) is 7.96. The third-order valence-corrected chi connectivity index (χ3v) is 5.64. The summed E-state index contributed by atoms with van der Waals surface area (Å²) < 4.78 is 5.71. The molecule has 0 spiro atoms. The first kappa shape index (κ1) is 15.0. The lowest BCUT2D eigenvalue weighted by atomic mass is 9.78. The Morgan fingerprint density at radius 2 is 2.33 bits per heavy atom. The Balaban J connectivity index is 1.54. The first-order valence-corrected chi connectivity index (χ1v) is 8.84. The predicted molar refractivity (Wildman–Crippen MR) is 89.8 cm³/mol. The number of nitrogens with one attached hydrogen (secondary N) is 1. The van der Waals surface area contributed by atoms with E-state index in [1.165, 1.54) is 23.3 Å². The lowest BCUT2D eigenvalue weighted by molar-refractivity contribution is 0.0955. The van der Waals surface area contributed by atoms with Crippen LogP contribution in [0.3, 0.4) is 0 Å². The average molecular weight is 303 g/mol. The maximum absolute atomic E-state index is 5.71. The van der Waals surface area contributed by atoms with E-state index in [1.54, 1.807) is 5.57 Å². The van der Waals surface area contributed by atoms with Crippen molar-refractivity contribution in [2.45, 2.75) is 44.8 Å². The maximum Gasteiger partial charge on any atom is 0.0846 e. The van der Waals surface area contributed by atoms with Gasteiger partial charge in [-0.2, -0.15) is 0 Å². The van der Waals surface area contributed by atoms with Gasteiger partial charge in [0.25, 0.3) is 0 Å². The van der Waals surface area contributed by atoms with Crippen LogP contribution in [0.2, 0.25) is 0 Å². The second-order valence-electron chi connectivity index (χ2n) is 6.15. The summed E-state index contributed by atoms with van der Waals surface area (Å²) in [7, 11) is 1.84. The van der Waals surface area contributed by atoms with Crippen LogP contribution < -0.4 is 5.32 Å². The zero-order valence-corrected chi connectivity index (χ0v) is 13.8. The standard InChI is InChI=1S/C18H25NOS/c1-13-5-6-14-12-15(7-8-17(14)18(13)20-2)19-10-9-16-4-3-11-21-16/h3-6,11,13,15,18-19H,7-10,12H2,1-2H3. The van der Waals surface area contributed by atoms with Gasteiger partial charge in [-0.1, -0.05) is 25.1 Å². The molecule has 0 aromatic carbocycles. The highest BCUT2D eigenvalue weighted by Crippen LogP contribution is 2.35. The molecule has 21 heavy (non-hydrogen) atoms. The topological polar surface area (TPSA) is 21.3 Å². The van der Waals surface area contributed by atoms with Crippen molar-refractivity contribution < 1.29 is 4.74 Å². The largest absolute Gasteiger partial charge is 0.376 e. The fraction of sp³-hybridized carbons (Fsp3) is 0.556. The molecular formula is C18H25NOS. The minimum absolute atomic E-state index is 0.303. The number of ether oxygens (including phenoxy) is 1. The molecule has 1 aromatic heterocycles. The van der Waals surface area contributed by atoms with Gasteiger partial charge in [0.1, 0.15) is 0 Å². The number of rotatable bonds is 5. The fourth-order valence-corrected chi connectivity index (χ4v) is 4.27. The summed E-state index contributed by atoms with van der Waals surface area (Å²) in [5, 5.41) is 5.89. The summed E-state index contributed by atoms with van der Waals surface area (Å²) >= 11 is 1.85. The third-order valence-electron chi connectivity index (χ3n) is 4.70. The fourth-order valence-electron chi connectivity index (χ4n) is 3.56. The van der Waals surface area contributed by atoms with Crippen molar-refractivity contribution in [3.05, 3.63) is 45.7 Å². The number of hydrogen-bond acceptors (Lipinski definition) is 3. The smallest absolute Gasteiger partial charge is 0.0846 e. The second-order valence-corrected chi connectivity index (χ2v) is 7.18. The summed E-state index contributed by atoms with van der Waals surface area (Å²) in [5.41, 5.74) is 3.06. The van der Waals surface area contributed by atoms with Gasteiger partial charge in [-0.05, 0) is 48.3 Å². The minimum atomic E-state index is 0.303. The van der Waals surface area contributed by atoms with Crippen molar-refractivity contribution in [2.75, 3.05) is 13.7 Å². The molecule has 114 valence electrons. The SMILES string of the molecule is COC1C2=C(C=CC1C)CC(NCCc1cccs1)CC2. The Hall–Kier alpha value is -0.900. The first-order chi connectivity index (χ1) is 10.3. The van der Waals surface area contributed by atoms with Crippen molar-refractivity contribution in [2.24, 2.45) is 5.92 Å². The number of methoxy groups -OCH3 is 1. The zero-order valence-electron chi connectivity index (χ0n) is 13.0.